The second-order valence-corrected chi connectivity index (χ2v) is 12.8. The molecular weight excluding hydrogens is 629 g/mol. The molecule has 45 heavy (non-hydrogen) atoms. The van der Waals surface area contributed by atoms with Crippen molar-refractivity contribution >= 4 is 64.6 Å². The Kier molecular flexibility index (Phi) is 9.53. The van der Waals surface area contributed by atoms with Gasteiger partial charge in [-0.15, -0.1) is 0 Å². The number of halogens is 2. The van der Waals surface area contributed by atoms with Crippen LogP contribution in [0.3, 0.4) is 0 Å². The number of nitrogens with one attached hydrogen (secondary N) is 1. The van der Waals surface area contributed by atoms with Crippen molar-refractivity contribution in [2.45, 2.75) is 57.4 Å². The third-order valence-electron chi connectivity index (χ3n) is 7.89. The van der Waals surface area contributed by atoms with Crippen molar-refractivity contribution in [3.63, 3.8) is 0 Å². The summed E-state index contributed by atoms with van der Waals surface area (Å²) in [4.78, 5) is 66.6. The number of aliphatic carboxylic acids is 2. The third-order valence-corrected chi connectivity index (χ3v) is 8.63. The Hall–Kier alpha value is -4.13. The minimum Gasteiger partial charge on any atom is -0.478 e. The first-order chi connectivity index (χ1) is 21.0. The van der Waals surface area contributed by atoms with E-state index in [-0.39, 0.29) is 22.2 Å². The highest BCUT2D eigenvalue weighted by Crippen LogP contribution is 2.44. The van der Waals surface area contributed by atoms with E-state index >= 15 is 0 Å². The number of ether oxygens (including phenoxy) is 1. The zero-order chi connectivity index (χ0) is 33.4. The van der Waals surface area contributed by atoms with Crippen LogP contribution in [0.1, 0.15) is 50.8 Å². The Labute approximate surface area is 269 Å². The van der Waals surface area contributed by atoms with E-state index in [9.17, 15) is 39.3 Å². The van der Waals surface area contributed by atoms with Crippen LogP contribution in [0.5, 0.6) is 5.75 Å². The molecule has 12 nitrogen and oxygen atoms in total. The molecule has 3 amide bonds. The van der Waals surface area contributed by atoms with Crippen LogP contribution in [-0.2, 0) is 24.0 Å². The van der Waals surface area contributed by atoms with E-state index in [1.807, 2.05) is 0 Å². The minimum atomic E-state index is -2.90. The maximum Gasteiger partial charge on any atom is 0.363 e. The number of fused-ring (bicyclic) bond motifs is 1. The fraction of sp³-hybridized carbons (Fsp3) is 0.387. The lowest BCUT2D eigenvalue weighted by Crippen LogP contribution is -2.57. The number of likely N-dealkylation sites (tertiary alicyclic amines) is 1. The summed E-state index contributed by atoms with van der Waals surface area (Å²) in [6.07, 6.45) is 1.56. The lowest BCUT2D eigenvalue weighted by molar-refractivity contribution is -0.180. The van der Waals surface area contributed by atoms with E-state index < -0.39 is 53.0 Å². The number of nitrogens with zero attached hydrogens (tertiary/aromatic N) is 2. The lowest BCUT2D eigenvalue weighted by atomic mass is 9.85. The van der Waals surface area contributed by atoms with Crippen LogP contribution >= 0.6 is 23.2 Å². The number of benzene rings is 2. The first-order valence-electron chi connectivity index (χ1n) is 14.0. The number of rotatable bonds is 8. The summed E-state index contributed by atoms with van der Waals surface area (Å²) in [7, 11) is 1.59. The Morgan fingerprint density at radius 2 is 1.73 bits per heavy atom. The van der Waals surface area contributed by atoms with Crippen LogP contribution in [0.4, 0.5) is 5.69 Å². The number of aliphatic hydroxyl groups excluding tert-OH is 1. The zero-order valence-corrected chi connectivity index (χ0v) is 26.4. The maximum atomic E-state index is 13.8. The number of carboxylic acids is 2. The van der Waals surface area contributed by atoms with Gasteiger partial charge in [0.2, 0.25) is 17.7 Å². The molecule has 1 saturated heterocycles. The molecule has 1 unspecified atom stereocenters. The highest BCUT2D eigenvalue weighted by molar-refractivity contribution is 6.42. The number of hydrogen-bond acceptors (Lipinski definition) is 7. The number of aliphatic hydroxyl groups is 1. The number of carboxylic acid groups (broad SMARTS) is 2. The summed E-state index contributed by atoms with van der Waals surface area (Å²) in [5.41, 5.74) is -2.85. The van der Waals surface area contributed by atoms with Crippen molar-refractivity contribution in [1.82, 2.24) is 10.2 Å². The molecule has 14 heteroatoms. The average Bonchev–Trinajstić information content (AvgIpc) is 3.58. The molecule has 3 atom stereocenters. The van der Waals surface area contributed by atoms with Gasteiger partial charge in [0.1, 0.15) is 23.9 Å². The van der Waals surface area contributed by atoms with Crippen molar-refractivity contribution in [1.29, 1.82) is 0 Å². The highest BCUT2D eigenvalue weighted by atomic mass is 35.5. The van der Waals surface area contributed by atoms with E-state index in [0.717, 1.165) is 6.08 Å². The first-order valence-corrected chi connectivity index (χ1v) is 14.7. The van der Waals surface area contributed by atoms with Gasteiger partial charge in [0.25, 0.3) is 0 Å². The monoisotopic (exact) mass is 661 g/mol. The molecular formula is C31H33Cl2N3O9. The minimum absolute atomic E-state index is 0.0688. The molecule has 0 aromatic heterocycles. The van der Waals surface area contributed by atoms with Crippen LogP contribution in [0.2, 0.25) is 10.0 Å². The Balaban J connectivity index is 1.49. The molecule has 2 aromatic carbocycles. The average molecular weight is 663 g/mol. The highest BCUT2D eigenvalue weighted by Gasteiger charge is 2.61. The van der Waals surface area contributed by atoms with Gasteiger partial charge in [-0.3, -0.25) is 14.4 Å². The van der Waals surface area contributed by atoms with Gasteiger partial charge in [-0.2, -0.15) is 0 Å². The predicted octanol–water partition coefficient (Wildman–Crippen LogP) is 3.53. The zero-order valence-electron chi connectivity index (χ0n) is 24.9. The van der Waals surface area contributed by atoms with Crippen LogP contribution in [0.25, 0.3) is 6.08 Å². The van der Waals surface area contributed by atoms with E-state index in [4.69, 9.17) is 27.9 Å². The third kappa shape index (κ3) is 6.49. The van der Waals surface area contributed by atoms with E-state index in [2.05, 4.69) is 5.32 Å². The fourth-order valence-corrected chi connectivity index (χ4v) is 5.64. The number of carbonyl (C=O) groups is 5. The molecule has 1 fully saturated rings. The van der Waals surface area contributed by atoms with Crippen LogP contribution < -0.4 is 15.0 Å². The summed E-state index contributed by atoms with van der Waals surface area (Å²) in [5, 5.41) is 32.8. The van der Waals surface area contributed by atoms with Crippen LogP contribution in [0.15, 0.2) is 42.5 Å². The molecule has 2 aliphatic rings. The largest absolute Gasteiger partial charge is 0.478 e. The number of amides is 3. The number of anilines is 1. The molecule has 0 spiro atoms. The van der Waals surface area contributed by atoms with Crippen LogP contribution in [-0.4, -0.2) is 81.2 Å². The second-order valence-electron chi connectivity index (χ2n) is 12.0. The molecule has 0 bridgehead atoms. The van der Waals surface area contributed by atoms with Crippen molar-refractivity contribution in [2.75, 3.05) is 18.5 Å². The van der Waals surface area contributed by atoms with Gasteiger partial charge in [-0.25, -0.2) is 9.59 Å². The summed E-state index contributed by atoms with van der Waals surface area (Å²) >= 11 is 12.1. The standard InChI is InChI=1S/C31H33Cl2N3O9/c1-30(2,3)24(27(40)36-13-5-6-21(36)26(39)35(4)17-9-10-19(32)20(33)15-17)34-23(37)12-8-16-7-11-22-18(14-16)25(38)31(45-22,28(41)42)29(43)44/h7-12,14-15,21,24-25,38H,5-6,13H2,1-4H3,(H,34,37)(H,41,42)(H,43,44)/t21-,24+,25?/m0/s1. The van der Waals surface area contributed by atoms with E-state index in [1.165, 1.54) is 34.1 Å². The van der Waals surface area contributed by atoms with E-state index in [0.29, 0.717) is 35.7 Å². The summed E-state index contributed by atoms with van der Waals surface area (Å²) in [6, 6.07) is 7.11. The van der Waals surface area contributed by atoms with Gasteiger partial charge < -0.3 is 35.2 Å². The number of likely N-dealkylation sites (N-methyl/N-ethyl adjacent to an activating group) is 1. The molecule has 0 aliphatic carbocycles. The van der Waals surface area contributed by atoms with Crippen molar-refractivity contribution in [3.8, 4) is 5.75 Å². The van der Waals surface area contributed by atoms with Crippen molar-refractivity contribution in [3.05, 3.63) is 63.6 Å². The lowest BCUT2D eigenvalue weighted by Gasteiger charge is -2.36. The maximum absolute atomic E-state index is 13.8. The molecule has 2 heterocycles. The molecule has 0 saturated carbocycles. The quantitative estimate of drug-likeness (QED) is 0.244. The summed E-state index contributed by atoms with van der Waals surface area (Å²) in [5.74, 6) is -5.20. The van der Waals surface area contributed by atoms with Gasteiger partial charge >= 0.3 is 17.5 Å². The molecule has 2 aromatic rings. The first kappa shape index (κ1) is 33.8. The van der Waals surface area contributed by atoms with Gasteiger partial charge in [-0.05, 0) is 60.2 Å². The molecule has 4 rings (SSSR count). The van der Waals surface area contributed by atoms with Crippen molar-refractivity contribution in [2.24, 2.45) is 5.41 Å². The summed E-state index contributed by atoms with van der Waals surface area (Å²) in [6.45, 7) is 5.68. The fourth-order valence-electron chi connectivity index (χ4n) is 5.35. The van der Waals surface area contributed by atoms with Gasteiger partial charge in [-0.1, -0.05) is 50.0 Å². The van der Waals surface area contributed by atoms with Crippen molar-refractivity contribution < 1.29 is 44.0 Å². The summed E-state index contributed by atoms with van der Waals surface area (Å²) < 4.78 is 5.12. The molecule has 240 valence electrons. The predicted molar refractivity (Wildman–Crippen MR) is 165 cm³/mol. The van der Waals surface area contributed by atoms with Gasteiger partial charge in [0.05, 0.1) is 10.0 Å². The molecule has 0 radical (unpaired) electrons. The van der Waals surface area contributed by atoms with Gasteiger partial charge in [0.15, 0.2) is 0 Å². The molecule has 2 aliphatic heterocycles. The topological polar surface area (TPSA) is 174 Å². The van der Waals surface area contributed by atoms with E-state index in [1.54, 1.807) is 46.0 Å². The Morgan fingerprint density at radius 1 is 1.07 bits per heavy atom. The SMILES string of the molecule is CN(C(=O)[C@@H]1CCCN1C(=O)[C@@H](NC(=O)C=Cc1ccc2c(c1)C(O)C(C(=O)O)(C(=O)O)O2)C(C)(C)C)c1ccc(Cl)c(Cl)c1. The Morgan fingerprint density at radius 3 is 2.33 bits per heavy atom. The smallest absolute Gasteiger partial charge is 0.363 e. The number of hydrogen-bond donors (Lipinski definition) is 4. The van der Waals surface area contributed by atoms with Gasteiger partial charge in [0, 0.05) is 30.9 Å². The second kappa shape index (κ2) is 12.7. The normalized spacial score (nSPS) is 19.5. The molecule has 4 N–H and O–H groups in total. The van der Waals surface area contributed by atoms with Crippen LogP contribution in [0, 0.1) is 5.41 Å². The Bertz CT molecular complexity index is 1570. The number of carbonyl (C=O) groups excluding carboxylic acids is 3.